The van der Waals surface area contributed by atoms with Crippen LogP contribution < -0.4 is 0 Å². The van der Waals surface area contributed by atoms with E-state index >= 15 is 0 Å². The van der Waals surface area contributed by atoms with Gasteiger partial charge < -0.3 is 4.57 Å². The van der Waals surface area contributed by atoms with Gasteiger partial charge in [0.05, 0.1) is 4.88 Å². The Kier molecular flexibility index (Phi) is 3.53. The zero-order valence-electron chi connectivity index (χ0n) is 9.98. The highest BCUT2D eigenvalue weighted by Crippen LogP contribution is 2.28. The topological polar surface area (TPSA) is 30.7 Å². The number of hydrogen-bond acceptors (Lipinski definition) is 4. The molecule has 17 heavy (non-hydrogen) atoms. The maximum Gasteiger partial charge on any atom is 0.191 e. The summed E-state index contributed by atoms with van der Waals surface area (Å²) in [6.07, 6.45) is 0. The quantitative estimate of drug-likeness (QED) is 0.799. The van der Waals surface area contributed by atoms with Gasteiger partial charge in [-0.25, -0.2) is 4.39 Å². The van der Waals surface area contributed by atoms with Crippen molar-refractivity contribution in [3.63, 3.8) is 0 Å². The summed E-state index contributed by atoms with van der Waals surface area (Å²) < 4.78 is 15.3. The van der Waals surface area contributed by atoms with Crippen LogP contribution in [0.2, 0.25) is 0 Å². The first-order chi connectivity index (χ1) is 7.97. The summed E-state index contributed by atoms with van der Waals surface area (Å²) in [7, 11) is 1.91. The van der Waals surface area contributed by atoms with E-state index in [1.165, 1.54) is 11.8 Å². The monoisotopic (exact) mass is 271 g/mol. The second-order valence-corrected chi connectivity index (χ2v) is 6.24. The van der Waals surface area contributed by atoms with E-state index in [1.54, 1.807) is 25.2 Å². The molecule has 0 amide bonds. The standard InChI is InChI=1S/C11H14FN3S2/c1-11(2,12)7-17-10-14-13-9(15(10)3)8-5-4-6-16-8/h4-6H,7H2,1-3H3. The van der Waals surface area contributed by atoms with Crippen molar-refractivity contribution >= 4 is 23.1 Å². The maximum absolute atomic E-state index is 13.4. The Balaban J connectivity index is 2.16. The summed E-state index contributed by atoms with van der Waals surface area (Å²) >= 11 is 3.01. The van der Waals surface area contributed by atoms with Crippen LogP contribution in [0.3, 0.4) is 0 Å². The molecule has 0 N–H and O–H groups in total. The van der Waals surface area contributed by atoms with E-state index in [0.717, 1.165) is 15.9 Å². The van der Waals surface area contributed by atoms with Gasteiger partial charge in [0.25, 0.3) is 0 Å². The third-order valence-corrected chi connectivity index (χ3v) is 4.43. The van der Waals surface area contributed by atoms with Crippen molar-refractivity contribution in [2.24, 2.45) is 7.05 Å². The van der Waals surface area contributed by atoms with Crippen LogP contribution in [-0.2, 0) is 7.05 Å². The van der Waals surface area contributed by atoms with E-state index in [0.29, 0.717) is 5.75 Å². The third-order valence-electron chi connectivity index (χ3n) is 2.12. The number of alkyl halides is 1. The fourth-order valence-corrected chi connectivity index (χ4v) is 2.89. The third kappa shape index (κ3) is 3.07. The molecule has 0 atom stereocenters. The summed E-state index contributed by atoms with van der Waals surface area (Å²) in [5.41, 5.74) is -1.19. The van der Waals surface area contributed by atoms with E-state index in [1.807, 2.05) is 29.1 Å². The first-order valence-corrected chi connectivity index (χ1v) is 7.09. The molecule has 3 nitrogen and oxygen atoms in total. The number of thiophene rings is 1. The number of hydrogen-bond donors (Lipinski definition) is 0. The Labute approximate surface area is 108 Å². The zero-order chi connectivity index (χ0) is 12.5. The molecular weight excluding hydrogens is 257 g/mol. The fraction of sp³-hybridized carbons (Fsp3) is 0.455. The second kappa shape index (κ2) is 4.78. The predicted molar refractivity (Wildman–Crippen MR) is 70.2 cm³/mol. The molecule has 0 spiro atoms. The summed E-state index contributed by atoms with van der Waals surface area (Å²) in [5.74, 6) is 1.21. The van der Waals surface area contributed by atoms with Crippen molar-refractivity contribution in [2.45, 2.75) is 24.7 Å². The van der Waals surface area contributed by atoms with Gasteiger partial charge in [0, 0.05) is 12.8 Å². The van der Waals surface area contributed by atoms with Crippen LogP contribution in [-0.4, -0.2) is 26.2 Å². The lowest BCUT2D eigenvalue weighted by atomic mass is 10.2. The molecule has 0 saturated heterocycles. The Hall–Kier alpha value is -0.880. The number of aromatic nitrogens is 3. The number of rotatable bonds is 4. The van der Waals surface area contributed by atoms with Gasteiger partial charge >= 0.3 is 0 Å². The van der Waals surface area contributed by atoms with E-state index in [2.05, 4.69) is 10.2 Å². The normalized spacial score (nSPS) is 12.0. The Morgan fingerprint density at radius 3 is 2.82 bits per heavy atom. The number of nitrogens with zero attached hydrogens (tertiary/aromatic N) is 3. The SMILES string of the molecule is Cn1c(SCC(C)(C)F)nnc1-c1cccs1. The molecule has 0 fully saturated rings. The molecule has 0 aliphatic carbocycles. The average Bonchev–Trinajstić information content (AvgIpc) is 2.83. The van der Waals surface area contributed by atoms with Crippen LogP contribution in [0.4, 0.5) is 4.39 Å². The minimum absolute atomic E-state index is 0.378. The van der Waals surface area contributed by atoms with Crippen LogP contribution >= 0.6 is 23.1 Å². The summed E-state index contributed by atoms with van der Waals surface area (Å²) in [6, 6.07) is 3.98. The van der Waals surface area contributed by atoms with Crippen molar-refractivity contribution in [1.82, 2.24) is 14.8 Å². The van der Waals surface area contributed by atoms with Gasteiger partial charge in [-0.1, -0.05) is 17.8 Å². The number of halogens is 1. The predicted octanol–water partition coefficient (Wildman–Crippen LogP) is 3.38. The molecule has 2 aromatic heterocycles. The van der Waals surface area contributed by atoms with Gasteiger partial charge in [0.2, 0.25) is 0 Å². The van der Waals surface area contributed by atoms with E-state index in [9.17, 15) is 4.39 Å². The molecule has 0 radical (unpaired) electrons. The Morgan fingerprint density at radius 1 is 1.47 bits per heavy atom. The van der Waals surface area contributed by atoms with Crippen LogP contribution in [0, 0.1) is 0 Å². The lowest BCUT2D eigenvalue weighted by Crippen LogP contribution is -2.15. The minimum Gasteiger partial charge on any atom is -0.304 e. The van der Waals surface area contributed by atoms with Crippen molar-refractivity contribution < 1.29 is 4.39 Å². The molecule has 0 aliphatic rings. The molecule has 92 valence electrons. The summed E-state index contributed by atoms with van der Waals surface area (Å²) in [5, 5.41) is 11.0. The summed E-state index contributed by atoms with van der Waals surface area (Å²) in [6.45, 7) is 3.13. The smallest absolute Gasteiger partial charge is 0.191 e. The molecule has 0 aliphatic heterocycles. The summed E-state index contributed by atoms with van der Waals surface area (Å²) in [4.78, 5) is 1.08. The first-order valence-electron chi connectivity index (χ1n) is 5.22. The van der Waals surface area contributed by atoms with Gasteiger partial charge in [-0.15, -0.1) is 21.5 Å². The van der Waals surface area contributed by atoms with Crippen LogP contribution in [0.15, 0.2) is 22.7 Å². The van der Waals surface area contributed by atoms with Crippen molar-refractivity contribution in [1.29, 1.82) is 0 Å². The highest BCUT2D eigenvalue weighted by atomic mass is 32.2. The van der Waals surface area contributed by atoms with Crippen molar-refractivity contribution in [3.8, 4) is 10.7 Å². The molecule has 0 aromatic carbocycles. The maximum atomic E-state index is 13.4. The fourth-order valence-electron chi connectivity index (χ4n) is 1.30. The minimum atomic E-state index is -1.19. The lowest BCUT2D eigenvalue weighted by molar-refractivity contribution is 0.252. The number of thioether (sulfide) groups is 1. The van der Waals surface area contributed by atoms with Crippen molar-refractivity contribution in [2.75, 3.05) is 5.75 Å². The first kappa shape index (κ1) is 12.6. The second-order valence-electron chi connectivity index (χ2n) is 4.35. The highest BCUT2D eigenvalue weighted by molar-refractivity contribution is 7.99. The molecule has 0 saturated carbocycles. The largest absolute Gasteiger partial charge is 0.304 e. The molecular formula is C11H14FN3S2. The van der Waals surface area contributed by atoms with Gasteiger partial charge in [0.1, 0.15) is 5.67 Å². The molecule has 0 unspecified atom stereocenters. The van der Waals surface area contributed by atoms with E-state index < -0.39 is 5.67 Å². The molecule has 2 aromatic rings. The van der Waals surface area contributed by atoms with Gasteiger partial charge in [-0.2, -0.15) is 0 Å². The zero-order valence-corrected chi connectivity index (χ0v) is 11.6. The van der Waals surface area contributed by atoms with Crippen LogP contribution in [0.25, 0.3) is 10.7 Å². The molecule has 6 heteroatoms. The average molecular weight is 271 g/mol. The van der Waals surface area contributed by atoms with Crippen LogP contribution in [0.1, 0.15) is 13.8 Å². The van der Waals surface area contributed by atoms with E-state index in [4.69, 9.17) is 0 Å². The van der Waals surface area contributed by atoms with Gasteiger partial charge in [-0.05, 0) is 25.3 Å². The molecule has 2 rings (SSSR count). The molecule has 2 heterocycles. The van der Waals surface area contributed by atoms with Gasteiger partial charge in [-0.3, -0.25) is 0 Å². The Bertz CT molecular complexity index is 485. The molecule has 0 bridgehead atoms. The van der Waals surface area contributed by atoms with Gasteiger partial charge in [0.15, 0.2) is 11.0 Å². The van der Waals surface area contributed by atoms with Crippen LogP contribution in [0.5, 0.6) is 0 Å². The van der Waals surface area contributed by atoms with E-state index in [-0.39, 0.29) is 0 Å². The lowest BCUT2D eigenvalue weighted by Gasteiger charge is -2.12. The Morgan fingerprint density at radius 2 is 2.24 bits per heavy atom. The van der Waals surface area contributed by atoms with Crippen molar-refractivity contribution in [3.05, 3.63) is 17.5 Å². The highest BCUT2D eigenvalue weighted by Gasteiger charge is 2.19.